The van der Waals surface area contributed by atoms with Crippen LogP contribution in [-0.2, 0) is 14.0 Å². The van der Waals surface area contributed by atoms with E-state index in [1.165, 1.54) is 12.7 Å². The van der Waals surface area contributed by atoms with E-state index in [-0.39, 0.29) is 16.1 Å². The van der Waals surface area contributed by atoms with Crippen molar-refractivity contribution in [2.45, 2.75) is 63.3 Å². The van der Waals surface area contributed by atoms with Gasteiger partial charge in [0.1, 0.15) is 6.23 Å². The average molecular weight is 395 g/mol. The van der Waals surface area contributed by atoms with Gasteiger partial charge >= 0.3 is 0 Å². The molecule has 3 heterocycles. The molecule has 3 rings (SSSR count). The third-order valence-corrected chi connectivity index (χ3v) is 10.2. The van der Waals surface area contributed by atoms with Crippen LogP contribution >= 0.6 is 0 Å². The highest BCUT2D eigenvalue weighted by Crippen LogP contribution is 2.44. The summed E-state index contributed by atoms with van der Waals surface area (Å²) in [7, 11) is -2.21. The Labute approximate surface area is 157 Å². The number of ether oxygens (including phenoxy) is 1. The summed E-state index contributed by atoms with van der Waals surface area (Å²) in [6, 6.07) is 0. The fourth-order valence-electron chi connectivity index (χ4n) is 2.96. The Morgan fingerprint density at radius 3 is 2.78 bits per heavy atom. The Morgan fingerprint density at radius 2 is 2.19 bits per heavy atom. The molecule has 10 heteroatoms. The molecule has 0 saturated carbocycles. The molecule has 9 nitrogen and oxygen atoms in total. The third-order valence-electron chi connectivity index (χ3n) is 5.68. The highest BCUT2D eigenvalue weighted by molar-refractivity contribution is 6.74. The Bertz CT molecular complexity index is 903. The molecule has 1 aliphatic heterocycles. The van der Waals surface area contributed by atoms with Crippen LogP contribution in [0.2, 0.25) is 18.1 Å². The summed E-state index contributed by atoms with van der Waals surface area (Å²) in [4.78, 5) is 34.5. The molecule has 1 aliphatic rings. The Kier molecular flexibility index (Phi) is 4.87. The number of carbonyl (C=O) groups excluding carboxylic acids is 1. The Balaban J connectivity index is 1.98. The first-order chi connectivity index (χ1) is 12.5. The van der Waals surface area contributed by atoms with E-state index < -0.39 is 32.9 Å². The van der Waals surface area contributed by atoms with Crippen molar-refractivity contribution in [1.82, 2.24) is 19.5 Å². The van der Waals surface area contributed by atoms with E-state index in [0.717, 1.165) is 0 Å². The number of aliphatic hydroxyl groups is 1. The molecule has 2 aromatic heterocycles. The van der Waals surface area contributed by atoms with Gasteiger partial charge in [0.2, 0.25) is 0 Å². The number of aromatic nitrogens is 4. The molecular formula is C17H26N4O5Si. The van der Waals surface area contributed by atoms with Crippen LogP contribution in [0.25, 0.3) is 11.2 Å². The van der Waals surface area contributed by atoms with Crippen molar-refractivity contribution in [2.75, 3.05) is 6.61 Å². The molecule has 0 aromatic carbocycles. The lowest BCUT2D eigenvalue weighted by Crippen LogP contribution is -2.53. The smallest absolute Gasteiger partial charge is 0.278 e. The minimum Gasteiger partial charge on any atom is -0.410 e. The molecule has 0 amide bonds. The molecule has 3 atom stereocenters. The maximum atomic E-state index is 11.9. The predicted molar refractivity (Wildman–Crippen MR) is 101 cm³/mol. The van der Waals surface area contributed by atoms with Crippen molar-refractivity contribution in [3.8, 4) is 0 Å². The molecule has 1 saturated heterocycles. The summed E-state index contributed by atoms with van der Waals surface area (Å²) in [6.45, 7) is 9.99. The largest absolute Gasteiger partial charge is 0.410 e. The summed E-state index contributed by atoms with van der Waals surface area (Å²) in [5, 5.41) is 9.88. The van der Waals surface area contributed by atoms with E-state index in [1.54, 1.807) is 4.57 Å². The Morgan fingerprint density at radius 1 is 1.48 bits per heavy atom. The number of fused-ring (bicyclic) bond motifs is 1. The molecule has 0 spiro atoms. The molecule has 148 valence electrons. The van der Waals surface area contributed by atoms with Crippen LogP contribution in [0.3, 0.4) is 0 Å². The average Bonchev–Trinajstić information content (AvgIpc) is 3.16. The lowest BCUT2D eigenvalue weighted by Gasteiger charge is -2.40. The van der Waals surface area contributed by atoms with Crippen LogP contribution in [0.5, 0.6) is 0 Å². The first-order valence-corrected chi connectivity index (χ1v) is 11.8. The number of rotatable bonds is 5. The number of nitrogens with one attached hydrogen (secondary N) is 1. The standard InChI is InChI=1S/C17H26N4O5Si/c1-16(2,3)27(4,5)26-11-6-12(25-17(11,7-22)8-23)21-10-20-13-14(21)18-9-19-15(13)24/h7,9-12,23H,6,8H2,1-5H3,(H,18,19,24)/t11-,12-,17+/m0/s1. The monoisotopic (exact) mass is 394 g/mol. The zero-order chi connectivity index (χ0) is 20.0. The number of H-pyrrole nitrogens is 1. The quantitative estimate of drug-likeness (QED) is 0.580. The van der Waals surface area contributed by atoms with Gasteiger partial charge in [-0.1, -0.05) is 20.8 Å². The third kappa shape index (κ3) is 3.26. The topological polar surface area (TPSA) is 119 Å². The van der Waals surface area contributed by atoms with Gasteiger partial charge in [0.25, 0.3) is 5.56 Å². The number of aldehydes is 1. The highest BCUT2D eigenvalue weighted by Gasteiger charge is 2.53. The van der Waals surface area contributed by atoms with Crippen molar-refractivity contribution < 1.29 is 19.1 Å². The van der Waals surface area contributed by atoms with Crippen molar-refractivity contribution in [3.05, 3.63) is 23.0 Å². The van der Waals surface area contributed by atoms with Crippen molar-refractivity contribution >= 4 is 25.8 Å². The number of nitrogens with zero attached hydrogens (tertiary/aromatic N) is 3. The number of imidazole rings is 1. The van der Waals surface area contributed by atoms with Gasteiger partial charge in [-0.2, -0.15) is 0 Å². The number of aliphatic hydroxyl groups excluding tert-OH is 1. The van der Waals surface area contributed by atoms with Gasteiger partial charge < -0.3 is 19.3 Å². The number of carbonyl (C=O) groups is 1. The van der Waals surface area contributed by atoms with Crippen LogP contribution in [0.1, 0.15) is 33.4 Å². The zero-order valence-electron chi connectivity index (χ0n) is 16.2. The SMILES string of the molecule is CC(C)(C)[Si](C)(C)O[C@H]1C[C@@H](n2cnc3c(=O)[nH]cnc32)O[C@]1(C=O)CO. The first-order valence-electron chi connectivity index (χ1n) is 8.88. The van der Waals surface area contributed by atoms with E-state index >= 15 is 0 Å². The van der Waals surface area contributed by atoms with Crippen LogP contribution in [0.4, 0.5) is 0 Å². The van der Waals surface area contributed by atoms with Gasteiger partial charge in [-0.05, 0) is 18.1 Å². The summed E-state index contributed by atoms with van der Waals surface area (Å²) in [6.07, 6.45) is 2.47. The van der Waals surface area contributed by atoms with Crippen molar-refractivity contribution in [2.24, 2.45) is 0 Å². The minimum atomic E-state index is -2.21. The predicted octanol–water partition coefficient (Wildman–Crippen LogP) is 1.36. The van der Waals surface area contributed by atoms with E-state index in [2.05, 4.69) is 48.8 Å². The molecule has 27 heavy (non-hydrogen) atoms. The fourth-order valence-corrected chi connectivity index (χ4v) is 4.32. The minimum absolute atomic E-state index is 0.0638. The van der Waals surface area contributed by atoms with E-state index in [1.807, 2.05) is 0 Å². The molecular weight excluding hydrogens is 368 g/mol. The summed E-state index contributed by atoms with van der Waals surface area (Å²) >= 11 is 0. The van der Waals surface area contributed by atoms with E-state index in [9.17, 15) is 14.7 Å². The molecule has 2 N–H and O–H groups in total. The molecule has 2 aromatic rings. The maximum Gasteiger partial charge on any atom is 0.278 e. The normalized spacial score (nSPS) is 26.6. The van der Waals surface area contributed by atoms with E-state index in [4.69, 9.17) is 9.16 Å². The van der Waals surface area contributed by atoms with Crippen LogP contribution < -0.4 is 5.56 Å². The van der Waals surface area contributed by atoms with Crippen molar-refractivity contribution in [1.29, 1.82) is 0 Å². The van der Waals surface area contributed by atoms with Gasteiger partial charge in [0.15, 0.2) is 31.4 Å². The van der Waals surface area contributed by atoms with Gasteiger partial charge in [0.05, 0.1) is 25.4 Å². The summed E-state index contributed by atoms with van der Waals surface area (Å²) < 4.78 is 14.0. The van der Waals surface area contributed by atoms with Gasteiger partial charge in [-0.3, -0.25) is 14.2 Å². The van der Waals surface area contributed by atoms with Crippen LogP contribution in [-0.4, -0.2) is 57.5 Å². The fraction of sp³-hybridized carbons (Fsp3) is 0.647. The summed E-state index contributed by atoms with van der Waals surface area (Å²) in [5.41, 5.74) is -1.27. The van der Waals surface area contributed by atoms with Gasteiger partial charge in [-0.15, -0.1) is 0 Å². The molecule has 0 radical (unpaired) electrons. The Hall–Kier alpha value is -1.88. The van der Waals surface area contributed by atoms with E-state index in [0.29, 0.717) is 18.4 Å². The second kappa shape index (κ2) is 6.62. The molecule has 0 bridgehead atoms. The number of hydrogen-bond donors (Lipinski definition) is 2. The number of aromatic amines is 1. The molecule has 1 fully saturated rings. The zero-order valence-corrected chi connectivity index (χ0v) is 17.2. The number of hydrogen-bond acceptors (Lipinski definition) is 7. The van der Waals surface area contributed by atoms with Crippen molar-refractivity contribution in [3.63, 3.8) is 0 Å². The lowest BCUT2D eigenvalue weighted by molar-refractivity contribution is -0.150. The van der Waals surface area contributed by atoms with Gasteiger partial charge in [-0.25, -0.2) is 9.97 Å². The summed E-state index contributed by atoms with van der Waals surface area (Å²) in [5.74, 6) is 0. The highest BCUT2D eigenvalue weighted by atomic mass is 28.4. The maximum absolute atomic E-state index is 11.9. The lowest BCUT2D eigenvalue weighted by atomic mass is 10.00. The second-order valence-corrected chi connectivity index (χ2v) is 13.2. The molecule has 0 aliphatic carbocycles. The second-order valence-electron chi connectivity index (χ2n) is 8.46. The van der Waals surface area contributed by atoms with Crippen LogP contribution in [0, 0.1) is 0 Å². The first kappa shape index (κ1) is 19.9. The molecule has 0 unspecified atom stereocenters. The van der Waals surface area contributed by atoms with Gasteiger partial charge in [0, 0.05) is 6.42 Å². The van der Waals surface area contributed by atoms with Crippen LogP contribution in [0.15, 0.2) is 17.4 Å².